The number of fused-ring (bicyclic) bond motifs is 2. The van der Waals surface area contributed by atoms with Gasteiger partial charge in [-0.1, -0.05) is 11.8 Å². The molecule has 0 amide bonds. The molecule has 0 aliphatic heterocycles. The van der Waals surface area contributed by atoms with Gasteiger partial charge in [0.05, 0.1) is 11.4 Å². The number of nitrogens with zero attached hydrogens (tertiary/aromatic N) is 4. The van der Waals surface area contributed by atoms with Crippen molar-refractivity contribution in [2.45, 2.75) is 30.7 Å². The van der Waals surface area contributed by atoms with Gasteiger partial charge >= 0.3 is 5.97 Å². The van der Waals surface area contributed by atoms with Crippen LogP contribution in [0.4, 0.5) is 0 Å². The molecule has 1 aliphatic carbocycles. The standard InChI is InChI=1S/C11H12N4O2S/c16-9(17)5-18-10-7-3-1-2-4-8(7)14-11-12-6-13-15(10)11/h6H,1-5H2,(H,16,17). The second-order valence-electron chi connectivity index (χ2n) is 4.20. The summed E-state index contributed by atoms with van der Waals surface area (Å²) < 4.78 is 1.65. The Hall–Kier alpha value is -1.63. The third kappa shape index (κ3) is 1.94. The number of aliphatic carboxylic acids is 1. The van der Waals surface area contributed by atoms with Gasteiger partial charge in [-0.05, 0) is 25.7 Å². The van der Waals surface area contributed by atoms with Crippen molar-refractivity contribution < 1.29 is 9.90 Å². The van der Waals surface area contributed by atoms with E-state index in [0.29, 0.717) is 5.78 Å². The number of carboxylic acids is 1. The summed E-state index contributed by atoms with van der Waals surface area (Å²) in [5, 5.41) is 13.8. The maximum Gasteiger partial charge on any atom is 0.313 e. The quantitative estimate of drug-likeness (QED) is 0.662. The molecule has 1 aliphatic rings. The van der Waals surface area contributed by atoms with Gasteiger partial charge in [-0.2, -0.15) is 14.6 Å². The summed E-state index contributed by atoms with van der Waals surface area (Å²) >= 11 is 1.30. The van der Waals surface area contributed by atoms with E-state index in [2.05, 4.69) is 15.1 Å². The Kier molecular flexibility index (Phi) is 2.91. The zero-order valence-corrected chi connectivity index (χ0v) is 10.5. The summed E-state index contributed by atoms with van der Waals surface area (Å²) in [6.07, 6.45) is 5.60. The number of hydrogen-bond donors (Lipinski definition) is 1. The predicted octanol–water partition coefficient (Wildman–Crippen LogP) is 1.18. The Balaban J connectivity index is 2.11. The van der Waals surface area contributed by atoms with E-state index < -0.39 is 5.97 Å². The highest BCUT2D eigenvalue weighted by Gasteiger charge is 2.20. The molecule has 18 heavy (non-hydrogen) atoms. The highest BCUT2D eigenvalue weighted by molar-refractivity contribution is 7.99. The van der Waals surface area contributed by atoms with Crippen LogP contribution in [0.1, 0.15) is 24.1 Å². The fourth-order valence-corrected chi connectivity index (χ4v) is 3.13. The lowest BCUT2D eigenvalue weighted by Gasteiger charge is -2.18. The highest BCUT2D eigenvalue weighted by atomic mass is 32.2. The normalized spacial score (nSPS) is 14.7. The average molecular weight is 264 g/mol. The van der Waals surface area contributed by atoms with Crippen molar-refractivity contribution in [2.24, 2.45) is 0 Å². The second-order valence-corrected chi connectivity index (χ2v) is 5.17. The predicted molar refractivity (Wildman–Crippen MR) is 65.8 cm³/mol. The summed E-state index contributed by atoms with van der Waals surface area (Å²) in [5.74, 6) is -0.232. The first kappa shape index (κ1) is 11.5. The SMILES string of the molecule is O=C(O)CSc1c2c(nc3ncnn13)CCCC2. The maximum absolute atomic E-state index is 10.7. The fraction of sp³-hybridized carbons (Fsp3) is 0.455. The molecule has 0 aromatic carbocycles. The first-order chi connectivity index (χ1) is 8.75. The van der Waals surface area contributed by atoms with E-state index in [1.807, 2.05) is 0 Å². The number of hydrogen-bond acceptors (Lipinski definition) is 5. The lowest BCUT2D eigenvalue weighted by molar-refractivity contribution is -0.133. The van der Waals surface area contributed by atoms with Crippen LogP contribution in [0.3, 0.4) is 0 Å². The first-order valence-corrected chi connectivity index (χ1v) is 6.80. The summed E-state index contributed by atoms with van der Waals surface area (Å²) in [6, 6.07) is 0. The van der Waals surface area contributed by atoms with Crippen LogP contribution in [0, 0.1) is 0 Å². The van der Waals surface area contributed by atoms with Crippen molar-refractivity contribution in [2.75, 3.05) is 5.75 Å². The Bertz CT molecular complexity index is 610. The van der Waals surface area contributed by atoms with Crippen molar-refractivity contribution in [3.8, 4) is 0 Å². The Morgan fingerprint density at radius 1 is 1.44 bits per heavy atom. The molecule has 0 spiro atoms. The molecule has 6 nitrogen and oxygen atoms in total. The van der Waals surface area contributed by atoms with Crippen molar-refractivity contribution >= 4 is 23.5 Å². The van der Waals surface area contributed by atoms with Gasteiger partial charge in [0.25, 0.3) is 5.78 Å². The summed E-state index contributed by atoms with van der Waals surface area (Å²) in [5.41, 5.74) is 2.19. The molecular formula is C11H12N4O2S. The highest BCUT2D eigenvalue weighted by Crippen LogP contribution is 2.30. The smallest absolute Gasteiger partial charge is 0.313 e. The van der Waals surface area contributed by atoms with E-state index in [9.17, 15) is 4.79 Å². The molecule has 1 N–H and O–H groups in total. The Morgan fingerprint density at radius 2 is 2.28 bits per heavy atom. The van der Waals surface area contributed by atoms with Crippen LogP contribution in [0.25, 0.3) is 5.78 Å². The summed E-state index contributed by atoms with van der Waals surface area (Å²) in [4.78, 5) is 19.3. The topological polar surface area (TPSA) is 80.4 Å². The van der Waals surface area contributed by atoms with Crippen molar-refractivity contribution in [1.29, 1.82) is 0 Å². The number of carbonyl (C=O) groups is 1. The zero-order chi connectivity index (χ0) is 12.5. The number of aromatic nitrogens is 4. The maximum atomic E-state index is 10.7. The largest absolute Gasteiger partial charge is 0.481 e. The fourth-order valence-electron chi connectivity index (χ4n) is 2.22. The van der Waals surface area contributed by atoms with Crippen LogP contribution in [-0.4, -0.2) is 36.4 Å². The van der Waals surface area contributed by atoms with Gasteiger partial charge in [0.2, 0.25) is 0 Å². The number of thioether (sulfide) groups is 1. The van der Waals surface area contributed by atoms with Crippen LogP contribution in [0.2, 0.25) is 0 Å². The van der Waals surface area contributed by atoms with Crippen LogP contribution in [0.5, 0.6) is 0 Å². The lowest BCUT2D eigenvalue weighted by atomic mass is 9.97. The van der Waals surface area contributed by atoms with Crippen molar-refractivity contribution in [1.82, 2.24) is 19.6 Å². The van der Waals surface area contributed by atoms with E-state index in [-0.39, 0.29) is 5.75 Å². The molecule has 2 aromatic rings. The third-order valence-electron chi connectivity index (χ3n) is 2.99. The van der Waals surface area contributed by atoms with Crippen LogP contribution < -0.4 is 0 Å². The number of rotatable bonds is 3. The van der Waals surface area contributed by atoms with Crippen molar-refractivity contribution in [3.05, 3.63) is 17.6 Å². The van der Waals surface area contributed by atoms with E-state index >= 15 is 0 Å². The van der Waals surface area contributed by atoms with Crippen LogP contribution >= 0.6 is 11.8 Å². The van der Waals surface area contributed by atoms with Gasteiger partial charge in [-0.15, -0.1) is 0 Å². The van der Waals surface area contributed by atoms with Gasteiger partial charge in [0, 0.05) is 5.56 Å². The lowest BCUT2D eigenvalue weighted by Crippen LogP contribution is -2.12. The van der Waals surface area contributed by atoms with Gasteiger partial charge in [-0.3, -0.25) is 4.79 Å². The third-order valence-corrected chi connectivity index (χ3v) is 4.07. The Morgan fingerprint density at radius 3 is 3.11 bits per heavy atom. The van der Waals surface area contributed by atoms with Gasteiger partial charge in [-0.25, -0.2) is 4.98 Å². The molecule has 2 heterocycles. The van der Waals surface area contributed by atoms with E-state index in [0.717, 1.165) is 42.0 Å². The molecule has 7 heteroatoms. The van der Waals surface area contributed by atoms with Gasteiger partial charge < -0.3 is 5.11 Å². The molecule has 0 saturated carbocycles. The number of carboxylic acid groups (broad SMARTS) is 1. The summed E-state index contributed by atoms with van der Waals surface area (Å²) in [6.45, 7) is 0. The first-order valence-electron chi connectivity index (χ1n) is 5.82. The van der Waals surface area contributed by atoms with E-state index in [4.69, 9.17) is 5.11 Å². The molecule has 0 saturated heterocycles. The second kappa shape index (κ2) is 4.56. The minimum atomic E-state index is -0.824. The van der Waals surface area contributed by atoms with E-state index in [1.54, 1.807) is 4.52 Å². The van der Waals surface area contributed by atoms with Crippen LogP contribution in [-0.2, 0) is 17.6 Å². The van der Waals surface area contributed by atoms with Crippen LogP contribution in [0.15, 0.2) is 11.4 Å². The molecule has 0 fully saturated rings. The molecule has 3 rings (SSSR count). The molecule has 2 aromatic heterocycles. The number of aryl methyl sites for hydroxylation is 1. The molecule has 0 radical (unpaired) electrons. The van der Waals surface area contributed by atoms with E-state index in [1.165, 1.54) is 18.1 Å². The monoisotopic (exact) mass is 264 g/mol. The van der Waals surface area contributed by atoms with Gasteiger partial charge in [0.1, 0.15) is 11.4 Å². The minimum Gasteiger partial charge on any atom is -0.481 e. The average Bonchev–Trinajstić information content (AvgIpc) is 2.82. The molecule has 0 unspecified atom stereocenters. The van der Waals surface area contributed by atoms with Gasteiger partial charge in [0.15, 0.2) is 0 Å². The minimum absolute atomic E-state index is 0.0331. The zero-order valence-electron chi connectivity index (χ0n) is 9.67. The molecule has 94 valence electrons. The summed E-state index contributed by atoms with van der Waals surface area (Å²) in [7, 11) is 0. The van der Waals surface area contributed by atoms with Crippen molar-refractivity contribution in [3.63, 3.8) is 0 Å². The Labute approximate surface area is 107 Å². The molecule has 0 bridgehead atoms. The molecule has 0 atom stereocenters. The molecular weight excluding hydrogens is 252 g/mol.